The molecule has 0 unspecified atom stereocenters. The molecule has 72 valence electrons. The second-order valence-corrected chi connectivity index (χ2v) is 3.12. The molecule has 0 rings (SSSR count). The first-order chi connectivity index (χ1) is 6.31. The summed E-state index contributed by atoms with van der Waals surface area (Å²) in [5.74, 6) is 1.73. The van der Waals surface area contributed by atoms with Crippen molar-refractivity contribution >= 4 is 5.94 Å². The lowest BCUT2D eigenvalue weighted by Crippen LogP contribution is -1.72. The Morgan fingerprint density at radius 3 is 2.77 bits per heavy atom. The second kappa shape index (κ2) is 9.02. The van der Waals surface area contributed by atoms with Crippen molar-refractivity contribution in [2.24, 2.45) is 0 Å². The quantitative estimate of drug-likeness (QED) is 0.263. The fourth-order valence-electron chi connectivity index (χ4n) is 0.953. The molecule has 0 N–H and O–H groups in total. The molecular formula is C12H18O. The van der Waals surface area contributed by atoms with Gasteiger partial charge in [0.15, 0.2) is 0 Å². The van der Waals surface area contributed by atoms with Crippen molar-refractivity contribution in [2.45, 2.75) is 39.5 Å². The standard InChI is InChI=1S/C12H18O/c1-3-4-5-6-7-9-12(2)10-8-11-13/h6-8,10H,3-5,9H2,1-2H3. The molecule has 0 fully saturated rings. The number of allylic oxidation sites excluding steroid dienone is 5. The van der Waals surface area contributed by atoms with Crippen LogP contribution >= 0.6 is 0 Å². The molecule has 0 aliphatic heterocycles. The monoisotopic (exact) mass is 178 g/mol. The van der Waals surface area contributed by atoms with E-state index in [4.69, 9.17) is 0 Å². The van der Waals surface area contributed by atoms with Gasteiger partial charge in [-0.25, -0.2) is 4.79 Å². The third-order valence-electron chi connectivity index (χ3n) is 1.77. The van der Waals surface area contributed by atoms with Crippen molar-refractivity contribution < 1.29 is 4.79 Å². The SMILES string of the molecule is CCCCC=CCC(C)=CC=C=O. The Morgan fingerprint density at radius 1 is 1.38 bits per heavy atom. The van der Waals surface area contributed by atoms with Crippen LogP contribution < -0.4 is 0 Å². The van der Waals surface area contributed by atoms with E-state index in [1.54, 1.807) is 12.0 Å². The zero-order valence-electron chi connectivity index (χ0n) is 8.55. The van der Waals surface area contributed by atoms with Gasteiger partial charge in [0.2, 0.25) is 0 Å². The molecule has 0 saturated carbocycles. The van der Waals surface area contributed by atoms with Gasteiger partial charge in [-0.2, -0.15) is 0 Å². The van der Waals surface area contributed by atoms with E-state index >= 15 is 0 Å². The number of carbonyl (C=O) groups excluding carboxylic acids is 1. The highest BCUT2D eigenvalue weighted by atomic mass is 16.1. The molecule has 1 nitrogen and oxygen atoms in total. The lowest BCUT2D eigenvalue weighted by Gasteiger charge is -1.92. The highest BCUT2D eigenvalue weighted by molar-refractivity contribution is 5.49. The van der Waals surface area contributed by atoms with E-state index in [-0.39, 0.29) is 0 Å². The molecule has 0 bridgehead atoms. The van der Waals surface area contributed by atoms with Crippen LogP contribution in [0.2, 0.25) is 0 Å². The van der Waals surface area contributed by atoms with E-state index in [0.717, 1.165) is 12.8 Å². The maximum atomic E-state index is 9.88. The molecule has 0 radical (unpaired) electrons. The predicted molar refractivity (Wildman–Crippen MR) is 57.3 cm³/mol. The average Bonchev–Trinajstić information content (AvgIpc) is 2.14. The molecule has 0 saturated heterocycles. The zero-order chi connectivity index (χ0) is 9.94. The van der Waals surface area contributed by atoms with Crippen molar-refractivity contribution in [1.29, 1.82) is 0 Å². The molecule has 0 aromatic carbocycles. The molecule has 0 aromatic rings. The van der Waals surface area contributed by atoms with Crippen molar-refractivity contribution in [3.63, 3.8) is 0 Å². The summed E-state index contributed by atoms with van der Waals surface area (Å²) in [6.45, 7) is 4.20. The van der Waals surface area contributed by atoms with Crippen LogP contribution in [-0.4, -0.2) is 5.94 Å². The molecule has 0 amide bonds. The fourth-order valence-corrected chi connectivity index (χ4v) is 0.953. The van der Waals surface area contributed by atoms with Gasteiger partial charge in [0.25, 0.3) is 0 Å². The lowest BCUT2D eigenvalue weighted by molar-refractivity contribution is 0.569. The summed E-state index contributed by atoms with van der Waals surface area (Å²) in [5, 5.41) is 0. The Balaban J connectivity index is 3.62. The Hall–Kier alpha value is -1.07. The van der Waals surface area contributed by atoms with E-state index in [9.17, 15) is 4.79 Å². The van der Waals surface area contributed by atoms with Crippen LogP contribution in [0.4, 0.5) is 0 Å². The van der Waals surface area contributed by atoms with Crippen molar-refractivity contribution in [1.82, 2.24) is 0 Å². The average molecular weight is 178 g/mol. The van der Waals surface area contributed by atoms with Crippen molar-refractivity contribution in [3.05, 3.63) is 29.9 Å². The number of hydrogen-bond acceptors (Lipinski definition) is 1. The predicted octanol–water partition coefficient (Wildman–Crippen LogP) is 3.46. The summed E-state index contributed by atoms with van der Waals surface area (Å²) in [4.78, 5) is 9.88. The van der Waals surface area contributed by atoms with Gasteiger partial charge in [-0.05, 0) is 19.8 Å². The van der Waals surface area contributed by atoms with Gasteiger partial charge in [-0.3, -0.25) is 0 Å². The molecule has 1 heteroatoms. The van der Waals surface area contributed by atoms with E-state index in [2.05, 4.69) is 19.1 Å². The molecular weight excluding hydrogens is 160 g/mol. The highest BCUT2D eigenvalue weighted by Crippen LogP contribution is 2.02. The maximum absolute atomic E-state index is 9.88. The number of hydrogen-bond donors (Lipinski definition) is 0. The molecule has 0 heterocycles. The van der Waals surface area contributed by atoms with E-state index in [1.165, 1.54) is 24.5 Å². The topological polar surface area (TPSA) is 17.1 Å². The molecule has 0 aromatic heterocycles. The summed E-state index contributed by atoms with van der Waals surface area (Å²) in [5.41, 5.74) is 1.19. The first-order valence-corrected chi connectivity index (χ1v) is 4.83. The van der Waals surface area contributed by atoms with E-state index < -0.39 is 0 Å². The largest absolute Gasteiger partial charge is 0.234 e. The van der Waals surface area contributed by atoms with Crippen LogP contribution in [-0.2, 0) is 4.79 Å². The highest BCUT2D eigenvalue weighted by Gasteiger charge is 1.83. The van der Waals surface area contributed by atoms with Crippen molar-refractivity contribution in [3.8, 4) is 0 Å². The van der Waals surface area contributed by atoms with Crippen LogP contribution in [0.5, 0.6) is 0 Å². The molecule has 0 spiro atoms. The minimum Gasteiger partial charge on any atom is -0.234 e. The molecule has 0 atom stereocenters. The first-order valence-electron chi connectivity index (χ1n) is 4.83. The third-order valence-corrected chi connectivity index (χ3v) is 1.77. The fraction of sp³-hybridized carbons (Fsp3) is 0.500. The molecule has 0 aliphatic carbocycles. The van der Waals surface area contributed by atoms with Gasteiger partial charge in [0.1, 0.15) is 5.94 Å². The van der Waals surface area contributed by atoms with Crippen LogP contribution in [0.25, 0.3) is 0 Å². The summed E-state index contributed by atoms with van der Waals surface area (Å²) in [6, 6.07) is 0. The normalized spacial score (nSPS) is 11.7. The minimum atomic E-state index is 0.932. The van der Waals surface area contributed by atoms with Crippen LogP contribution in [0.15, 0.2) is 29.9 Å². The van der Waals surface area contributed by atoms with Crippen LogP contribution in [0, 0.1) is 0 Å². The summed E-state index contributed by atoms with van der Waals surface area (Å²) in [6.07, 6.45) is 12.2. The Kier molecular flexibility index (Phi) is 8.28. The first kappa shape index (κ1) is 11.9. The third kappa shape index (κ3) is 8.84. The van der Waals surface area contributed by atoms with Gasteiger partial charge in [-0.15, -0.1) is 0 Å². The zero-order valence-corrected chi connectivity index (χ0v) is 8.55. The maximum Gasteiger partial charge on any atom is 0.124 e. The Morgan fingerprint density at radius 2 is 2.15 bits per heavy atom. The summed E-state index contributed by atoms with van der Waals surface area (Å²) < 4.78 is 0. The summed E-state index contributed by atoms with van der Waals surface area (Å²) in [7, 11) is 0. The Bertz CT molecular complexity index is 217. The van der Waals surface area contributed by atoms with E-state index in [1.807, 2.05) is 6.92 Å². The summed E-state index contributed by atoms with van der Waals surface area (Å²) >= 11 is 0. The van der Waals surface area contributed by atoms with Crippen molar-refractivity contribution in [2.75, 3.05) is 0 Å². The van der Waals surface area contributed by atoms with Gasteiger partial charge in [0.05, 0.1) is 0 Å². The van der Waals surface area contributed by atoms with Gasteiger partial charge in [-0.1, -0.05) is 43.6 Å². The van der Waals surface area contributed by atoms with Gasteiger partial charge < -0.3 is 0 Å². The number of unbranched alkanes of at least 4 members (excludes halogenated alkanes) is 2. The lowest BCUT2D eigenvalue weighted by atomic mass is 10.1. The smallest absolute Gasteiger partial charge is 0.124 e. The Labute approximate surface area is 80.8 Å². The second-order valence-electron chi connectivity index (χ2n) is 3.12. The minimum absolute atomic E-state index is 0.932. The van der Waals surface area contributed by atoms with Crippen LogP contribution in [0.3, 0.4) is 0 Å². The van der Waals surface area contributed by atoms with Gasteiger partial charge >= 0.3 is 0 Å². The number of rotatable bonds is 6. The molecule has 0 aliphatic rings. The van der Waals surface area contributed by atoms with E-state index in [0.29, 0.717) is 0 Å². The van der Waals surface area contributed by atoms with Crippen LogP contribution in [0.1, 0.15) is 39.5 Å². The van der Waals surface area contributed by atoms with Gasteiger partial charge in [0, 0.05) is 6.08 Å². The molecule has 13 heavy (non-hydrogen) atoms.